The van der Waals surface area contributed by atoms with Crippen LogP contribution in [0.1, 0.15) is 24.5 Å². The molecule has 0 atom stereocenters. The van der Waals surface area contributed by atoms with Crippen molar-refractivity contribution in [2.45, 2.75) is 28.7 Å². The molecule has 0 amide bonds. The van der Waals surface area contributed by atoms with E-state index in [0.717, 1.165) is 48.7 Å². The zero-order valence-electron chi connectivity index (χ0n) is 17.8. The fourth-order valence-electron chi connectivity index (χ4n) is 4.07. The molecule has 2 fully saturated rings. The van der Waals surface area contributed by atoms with Gasteiger partial charge in [-0.15, -0.1) is 0 Å². The van der Waals surface area contributed by atoms with Crippen molar-refractivity contribution in [3.63, 3.8) is 0 Å². The fraction of sp³-hybridized carbons (Fsp3) is 0.280. The predicted octanol–water partition coefficient (Wildman–Crippen LogP) is 5.57. The van der Waals surface area contributed by atoms with Crippen LogP contribution in [0.15, 0.2) is 70.6 Å². The second kappa shape index (κ2) is 8.48. The Hall–Kier alpha value is -3.03. The zero-order chi connectivity index (χ0) is 21.3. The number of anilines is 3. The van der Waals surface area contributed by atoms with Crippen molar-refractivity contribution < 1.29 is 4.74 Å². The maximum atomic E-state index is 5.54. The molecule has 0 bridgehead atoms. The van der Waals surface area contributed by atoms with Gasteiger partial charge < -0.3 is 15.0 Å². The molecule has 6 nitrogen and oxygen atoms in total. The SMILES string of the molecule is c1ccc2cc(Sc3cc(Nc4cc(C5CC5)[nH]n4)cc(N4CCOCC4)n3)ccc2c1. The van der Waals surface area contributed by atoms with Crippen LogP contribution in [-0.2, 0) is 4.74 Å². The molecule has 2 aromatic carbocycles. The predicted molar refractivity (Wildman–Crippen MR) is 129 cm³/mol. The molecule has 1 saturated carbocycles. The molecule has 2 aromatic heterocycles. The highest BCUT2D eigenvalue weighted by Gasteiger charge is 2.25. The molecular formula is C25H25N5OS. The van der Waals surface area contributed by atoms with Gasteiger partial charge in [0.1, 0.15) is 10.8 Å². The van der Waals surface area contributed by atoms with Crippen molar-refractivity contribution in [3.8, 4) is 0 Å². The molecule has 1 aliphatic heterocycles. The number of nitrogens with zero attached hydrogens (tertiary/aromatic N) is 3. The Morgan fingerprint density at radius 2 is 1.81 bits per heavy atom. The quantitative estimate of drug-likeness (QED) is 0.406. The van der Waals surface area contributed by atoms with Gasteiger partial charge in [-0.3, -0.25) is 5.10 Å². The van der Waals surface area contributed by atoms with E-state index in [-0.39, 0.29) is 0 Å². The molecule has 2 N–H and O–H groups in total. The summed E-state index contributed by atoms with van der Waals surface area (Å²) in [5.41, 5.74) is 2.22. The largest absolute Gasteiger partial charge is 0.378 e. The van der Waals surface area contributed by atoms with E-state index in [2.05, 4.69) is 81.1 Å². The Morgan fingerprint density at radius 3 is 2.66 bits per heavy atom. The molecule has 162 valence electrons. The summed E-state index contributed by atoms with van der Waals surface area (Å²) in [4.78, 5) is 8.45. The lowest BCUT2D eigenvalue weighted by atomic mass is 10.1. The molecule has 0 spiro atoms. The second-order valence-electron chi connectivity index (χ2n) is 8.37. The minimum Gasteiger partial charge on any atom is -0.378 e. The number of benzene rings is 2. The third kappa shape index (κ3) is 4.31. The monoisotopic (exact) mass is 443 g/mol. The highest BCUT2D eigenvalue weighted by Crippen LogP contribution is 2.40. The van der Waals surface area contributed by atoms with Gasteiger partial charge in [-0.25, -0.2) is 4.98 Å². The Balaban J connectivity index is 1.31. The van der Waals surface area contributed by atoms with Gasteiger partial charge in [0.25, 0.3) is 0 Å². The topological polar surface area (TPSA) is 66.1 Å². The Labute approximate surface area is 191 Å². The molecular weight excluding hydrogens is 418 g/mol. The van der Waals surface area contributed by atoms with E-state index in [1.165, 1.54) is 34.2 Å². The highest BCUT2D eigenvalue weighted by molar-refractivity contribution is 7.99. The molecule has 6 rings (SSSR count). The number of fused-ring (bicyclic) bond motifs is 1. The average molecular weight is 444 g/mol. The van der Waals surface area contributed by atoms with Gasteiger partial charge in [-0.2, -0.15) is 5.10 Å². The summed E-state index contributed by atoms with van der Waals surface area (Å²) in [6, 6.07) is 21.4. The second-order valence-corrected chi connectivity index (χ2v) is 9.46. The van der Waals surface area contributed by atoms with Gasteiger partial charge in [0, 0.05) is 47.4 Å². The zero-order valence-corrected chi connectivity index (χ0v) is 18.6. The van der Waals surface area contributed by atoms with Crippen molar-refractivity contribution in [2.75, 3.05) is 36.5 Å². The standard InChI is InChI=1S/C25H25N5OS/c1-2-4-19-13-21(8-7-17(19)3-1)32-25-15-20(14-24(27-25)30-9-11-31-12-10-30)26-23-16-22(28-29-23)18-5-6-18/h1-4,7-8,13-16,18H,5-6,9-12H2,(H2,26,27,28,29). The van der Waals surface area contributed by atoms with E-state index < -0.39 is 0 Å². The number of aromatic nitrogens is 3. The molecule has 4 aromatic rings. The van der Waals surface area contributed by atoms with Crippen molar-refractivity contribution in [3.05, 3.63) is 66.4 Å². The van der Waals surface area contributed by atoms with Crippen LogP contribution in [0.5, 0.6) is 0 Å². The first-order valence-electron chi connectivity index (χ1n) is 11.1. The lowest BCUT2D eigenvalue weighted by molar-refractivity contribution is 0.122. The van der Waals surface area contributed by atoms with Gasteiger partial charge in [0.2, 0.25) is 0 Å². The van der Waals surface area contributed by atoms with Gasteiger partial charge in [0.15, 0.2) is 5.82 Å². The van der Waals surface area contributed by atoms with Crippen LogP contribution in [0.2, 0.25) is 0 Å². The summed E-state index contributed by atoms with van der Waals surface area (Å²) in [7, 11) is 0. The number of rotatable bonds is 6. The Kier molecular flexibility index (Phi) is 5.21. The molecule has 0 radical (unpaired) electrons. The highest BCUT2D eigenvalue weighted by atomic mass is 32.2. The van der Waals surface area contributed by atoms with E-state index in [4.69, 9.17) is 9.72 Å². The van der Waals surface area contributed by atoms with Gasteiger partial charge in [0.05, 0.1) is 13.2 Å². The normalized spacial score (nSPS) is 16.4. The van der Waals surface area contributed by atoms with E-state index in [1.54, 1.807) is 11.8 Å². The van der Waals surface area contributed by atoms with Crippen LogP contribution in [0.25, 0.3) is 10.8 Å². The van der Waals surface area contributed by atoms with Gasteiger partial charge in [-0.1, -0.05) is 42.1 Å². The van der Waals surface area contributed by atoms with E-state index >= 15 is 0 Å². The third-order valence-electron chi connectivity index (χ3n) is 5.95. The minimum absolute atomic E-state index is 0.651. The van der Waals surface area contributed by atoms with E-state index in [1.807, 2.05) is 0 Å². The average Bonchev–Trinajstić information content (AvgIpc) is 3.58. The number of morpholine rings is 1. The first-order valence-corrected chi connectivity index (χ1v) is 12.0. The number of aromatic amines is 1. The summed E-state index contributed by atoms with van der Waals surface area (Å²) >= 11 is 1.69. The molecule has 1 saturated heterocycles. The number of ether oxygens (including phenoxy) is 1. The Morgan fingerprint density at radius 1 is 0.969 bits per heavy atom. The maximum absolute atomic E-state index is 5.54. The van der Waals surface area contributed by atoms with Crippen LogP contribution in [-0.4, -0.2) is 41.5 Å². The minimum atomic E-state index is 0.651. The number of hydrogen-bond donors (Lipinski definition) is 2. The first-order chi connectivity index (χ1) is 15.8. The molecule has 3 heterocycles. The summed E-state index contributed by atoms with van der Waals surface area (Å²) in [5, 5.41) is 14.6. The number of pyridine rings is 1. The van der Waals surface area contributed by atoms with E-state index in [9.17, 15) is 0 Å². The summed E-state index contributed by atoms with van der Waals surface area (Å²) in [5.74, 6) is 2.48. The molecule has 1 aliphatic carbocycles. The smallest absolute Gasteiger partial charge is 0.152 e. The van der Waals surface area contributed by atoms with Gasteiger partial charge >= 0.3 is 0 Å². The molecule has 0 unspecified atom stereocenters. The van der Waals surface area contributed by atoms with Crippen LogP contribution in [0.4, 0.5) is 17.3 Å². The maximum Gasteiger partial charge on any atom is 0.152 e. The lowest BCUT2D eigenvalue weighted by Crippen LogP contribution is -2.36. The molecule has 7 heteroatoms. The van der Waals surface area contributed by atoms with Crippen molar-refractivity contribution >= 4 is 39.9 Å². The van der Waals surface area contributed by atoms with Crippen molar-refractivity contribution in [2.24, 2.45) is 0 Å². The number of H-pyrrole nitrogens is 1. The number of hydrogen-bond acceptors (Lipinski definition) is 6. The Bertz CT molecular complexity index is 1250. The lowest BCUT2D eigenvalue weighted by Gasteiger charge is -2.28. The fourth-order valence-corrected chi connectivity index (χ4v) is 4.96. The van der Waals surface area contributed by atoms with Crippen LogP contribution in [0, 0.1) is 0 Å². The van der Waals surface area contributed by atoms with Crippen LogP contribution >= 0.6 is 11.8 Å². The third-order valence-corrected chi connectivity index (χ3v) is 6.86. The van der Waals surface area contributed by atoms with E-state index in [0.29, 0.717) is 5.92 Å². The van der Waals surface area contributed by atoms with Crippen LogP contribution in [0.3, 0.4) is 0 Å². The summed E-state index contributed by atoms with van der Waals surface area (Å²) < 4.78 is 5.54. The summed E-state index contributed by atoms with van der Waals surface area (Å²) in [6.07, 6.45) is 2.51. The molecule has 2 aliphatic rings. The first kappa shape index (κ1) is 19.6. The van der Waals surface area contributed by atoms with Crippen molar-refractivity contribution in [1.29, 1.82) is 0 Å². The molecule has 32 heavy (non-hydrogen) atoms. The summed E-state index contributed by atoms with van der Waals surface area (Å²) in [6.45, 7) is 3.17. The van der Waals surface area contributed by atoms with Gasteiger partial charge in [-0.05, 0) is 41.8 Å². The van der Waals surface area contributed by atoms with Crippen LogP contribution < -0.4 is 10.2 Å². The van der Waals surface area contributed by atoms with Crippen molar-refractivity contribution in [1.82, 2.24) is 15.2 Å². The number of nitrogens with one attached hydrogen (secondary N) is 2.